The van der Waals surface area contributed by atoms with E-state index in [4.69, 9.17) is 0 Å². The van der Waals surface area contributed by atoms with E-state index in [1.807, 2.05) is 0 Å². The van der Waals surface area contributed by atoms with Gasteiger partial charge in [0.25, 0.3) is 0 Å². The molecule has 0 bridgehead atoms. The third-order valence-corrected chi connectivity index (χ3v) is 2.60. The Morgan fingerprint density at radius 1 is 1.55 bits per heavy atom. The van der Waals surface area contributed by atoms with Crippen molar-refractivity contribution in [2.45, 2.75) is 32.7 Å². The molecular formula is C8H16N2O. The van der Waals surface area contributed by atoms with E-state index in [0.29, 0.717) is 5.92 Å². The molecule has 0 aromatic rings. The lowest BCUT2D eigenvalue weighted by molar-refractivity contribution is 0.188. The van der Waals surface area contributed by atoms with Crippen molar-refractivity contribution in [3.63, 3.8) is 0 Å². The predicted molar refractivity (Wildman–Crippen MR) is 44.4 cm³/mol. The second-order valence-electron chi connectivity index (χ2n) is 3.70. The Hall–Kier alpha value is -0.730. The molecule has 2 amide bonds. The van der Waals surface area contributed by atoms with Gasteiger partial charge in [-0.05, 0) is 19.3 Å². The average molecular weight is 156 g/mol. The summed E-state index contributed by atoms with van der Waals surface area (Å²) in [5.41, 5.74) is -0.0116. The molecule has 0 saturated carbocycles. The summed E-state index contributed by atoms with van der Waals surface area (Å²) in [6.45, 7) is 7.15. The van der Waals surface area contributed by atoms with Crippen LogP contribution in [0.15, 0.2) is 0 Å². The normalized spacial score (nSPS) is 31.5. The van der Waals surface area contributed by atoms with Gasteiger partial charge in [-0.25, -0.2) is 4.79 Å². The fraction of sp³-hybridized carbons (Fsp3) is 0.875. The fourth-order valence-corrected chi connectivity index (χ4v) is 1.23. The van der Waals surface area contributed by atoms with Crippen LogP contribution in [0, 0.1) is 5.92 Å². The minimum Gasteiger partial charge on any atom is -0.338 e. The third-order valence-electron chi connectivity index (χ3n) is 2.60. The number of carbonyl (C=O) groups is 1. The first-order chi connectivity index (χ1) is 5.04. The molecule has 3 heteroatoms. The van der Waals surface area contributed by atoms with Crippen LogP contribution < -0.4 is 10.6 Å². The Labute approximate surface area is 67.5 Å². The van der Waals surface area contributed by atoms with E-state index in [-0.39, 0.29) is 11.6 Å². The Morgan fingerprint density at radius 2 is 2.18 bits per heavy atom. The summed E-state index contributed by atoms with van der Waals surface area (Å²) in [5, 5.41) is 5.68. The molecule has 0 radical (unpaired) electrons. The molecule has 0 spiro atoms. The fourth-order valence-electron chi connectivity index (χ4n) is 1.23. The van der Waals surface area contributed by atoms with Crippen LogP contribution in [-0.2, 0) is 0 Å². The van der Waals surface area contributed by atoms with Crippen molar-refractivity contribution in [1.82, 2.24) is 10.6 Å². The number of carbonyl (C=O) groups excluding carboxylic acids is 1. The van der Waals surface area contributed by atoms with Crippen molar-refractivity contribution in [2.24, 2.45) is 5.92 Å². The van der Waals surface area contributed by atoms with Crippen molar-refractivity contribution in [3.8, 4) is 0 Å². The monoisotopic (exact) mass is 156 g/mol. The highest BCUT2D eigenvalue weighted by Crippen LogP contribution is 2.21. The summed E-state index contributed by atoms with van der Waals surface area (Å²) < 4.78 is 0. The highest BCUT2D eigenvalue weighted by Gasteiger charge is 2.32. The highest BCUT2D eigenvalue weighted by molar-refractivity contribution is 5.75. The number of urea groups is 1. The molecule has 1 heterocycles. The molecule has 11 heavy (non-hydrogen) atoms. The van der Waals surface area contributed by atoms with Gasteiger partial charge in [-0.1, -0.05) is 13.8 Å². The number of amides is 2. The van der Waals surface area contributed by atoms with Gasteiger partial charge in [0.2, 0.25) is 0 Å². The molecule has 3 nitrogen and oxygen atoms in total. The van der Waals surface area contributed by atoms with Gasteiger partial charge >= 0.3 is 6.03 Å². The number of hydrogen-bond acceptors (Lipinski definition) is 1. The molecule has 1 saturated heterocycles. The summed E-state index contributed by atoms with van der Waals surface area (Å²) >= 11 is 0. The first-order valence-corrected chi connectivity index (χ1v) is 4.10. The molecule has 1 aliphatic heterocycles. The van der Waals surface area contributed by atoms with Crippen LogP contribution in [0.4, 0.5) is 4.79 Å². The molecule has 64 valence electrons. The van der Waals surface area contributed by atoms with Gasteiger partial charge in [0.15, 0.2) is 0 Å². The lowest BCUT2D eigenvalue weighted by atomic mass is 9.84. The standard InChI is InChI=1S/C8H16N2O/c1-6(2)8(3)4-5-9-7(11)10-8/h6H,4-5H2,1-3H3,(H2,9,10,11). The summed E-state index contributed by atoms with van der Waals surface area (Å²) in [6.07, 6.45) is 1.01. The maximum atomic E-state index is 11.0. The largest absolute Gasteiger partial charge is 0.338 e. The second-order valence-corrected chi connectivity index (χ2v) is 3.70. The Bertz CT molecular complexity index is 167. The highest BCUT2D eigenvalue weighted by atomic mass is 16.2. The van der Waals surface area contributed by atoms with Gasteiger partial charge in [0, 0.05) is 12.1 Å². The molecule has 0 aliphatic carbocycles. The van der Waals surface area contributed by atoms with Crippen molar-refractivity contribution >= 4 is 6.03 Å². The van der Waals surface area contributed by atoms with Crippen LogP contribution in [0.5, 0.6) is 0 Å². The molecule has 1 atom stereocenters. The van der Waals surface area contributed by atoms with E-state index in [1.54, 1.807) is 0 Å². The topological polar surface area (TPSA) is 41.1 Å². The lowest BCUT2D eigenvalue weighted by Crippen LogP contribution is -2.59. The van der Waals surface area contributed by atoms with Crippen molar-refractivity contribution < 1.29 is 4.79 Å². The second kappa shape index (κ2) is 2.72. The Balaban J connectivity index is 2.62. The zero-order valence-corrected chi connectivity index (χ0v) is 7.40. The summed E-state index contributed by atoms with van der Waals surface area (Å²) in [5.74, 6) is 0.494. The van der Waals surface area contributed by atoms with Crippen LogP contribution in [0.25, 0.3) is 0 Å². The number of hydrogen-bond donors (Lipinski definition) is 2. The summed E-state index contributed by atoms with van der Waals surface area (Å²) in [7, 11) is 0. The maximum Gasteiger partial charge on any atom is 0.315 e. The Kier molecular flexibility index (Phi) is 2.07. The zero-order chi connectivity index (χ0) is 8.48. The summed E-state index contributed by atoms with van der Waals surface area (Å²) in [4.78, 5) is 11.0. The molecule has 0 aromatic heterocycles. The molecule has 2 N–H and O–H groups in total. The van der Waals surface area contributed by atoms with Gasteiger partial charge in [-0.2, -0.15) is 0 Å². The zero-order valence-electron chi connectivity index (χ0n) is 7.40. The van der Waals surface area contributed by atoms with Gasteiger partial charge in [-0.3, -0.25) is 0 Å². The SMILES string of the molecule is CC(C)C1(C)CCNC(=O)N1. The van der Waals surface area contributed by atoms with E-state index >= 15 is 0 Å². The predicted octanol–water partition coefficient (Wildman–Crippen LogP) is 1.10. The lowest BCUT2D eigenvalue weighted by Gasteiger charge is -2.38. The molecule has 1 unspecified atom stereocenters. The third kappa shape index (κ3) is 1.64. The van der Waals surface area contributed by atoms with E-state index < -0.39 is 0 Å². The van der Waals surface area contributed by atoms with Crippen LogP contribution in [0.1, 0.15) is 27.2 Å². The maximum absolute atomic E-state index is 11.0. The minimum atomic E-state index is -0.0348. The van der Waals surface area contributed by atoms with Gasteiger partial charge in [-0.15, -0.1) is 0 Å². The van der Waals surface area contributed by atoms with Crippen molar-refractivity contribution in [2.75, 3.05) is 6.54 Å². The molecule has 1 rings (SSSR count). The first-order valence-electron chi connectivity index (χ1n) is 4.10. The van der Waals surface area contributed by atoms with E-state index in [2.05, 4.69) is 31.4 Å². The van der Waals surface area contributed by atoms with E-state index in [9.17, 15) is 4.79 Å². The van der Waals surface area contributed by atoms with Gasteiger partial charge in [0.05, 0.1) is 0 Å². The van der Waals surface area contributed by atoms with Crippen LogP contribution in [0.3, 0.4) is 0 Å². The molecule has 0 aromatic carbocycles. The Morgan fingerprint density at radius 3 is 2.55 bits per heavy atom. The molecular weight excluding hydrogens is 140 g/mol. The average Bonchev–Trinajstić information content (AvgIpc) is 1.86. The van der Waals surface area contributed by atoms with E-state index in [0.717, 1.165) is 13.0 Å². The van der Waals surface area contributed by atoms with Gasteiger partial charge < -0.3 is 10.6 Å². The molecule has 1 fully saturated rings. The first kappa shape index (κ1) is 8.37. The van der Waals surface area contributed by atoms with Crippen LogP contribution in [0.2, 0.25) is 0 Å². The van der Waals surface area contributed by atoms with Crippen LogP contribution >= 0.6 is 0 Å². The van der Waals surface area contributed by atoms with Gasteiger partial charge in [0.1, 0.15) is 0 Å². The molecule has 1 aliphatic rings. The van der Waals surface area contributed by atoms with E-state index in [1.165, 1.54) is 0 Å². The number of nitrogens with one attached hydrogen (secondary N) is 2. The summed E-state index contributed by atoms with van der Waals surface area (Å²) in [6, 6.07) is -0.0348. The minimum absolute atomic E-state index is 0.0116. The van der Waals surface area contributed by atoms with Crippen molar-refractivity contribution in [3.05, 3.63) is 0 Å². The smallest absolute Gasteiger partial charge is 0.315 e. The quantitative estimate of drug-likeness (QED) is 0.586. The van der Waals surface area contributed by atoms with Crippen LogP contribution in [-0.4, -0.2) is 18.1 Å². The van der Waals surface area contributed by atoms with Crippen molar-refractivity contribution in [1.29, 1.82) is 0 Å². The number of rotatable bonds is 1.